The average molecular weight is 497 g/mol. The summed E-state index contributed by atoms with van der Waals surface area (Å²) in [4.78, 5) is 44.4. The highest BCUT2D eigenvalue weighted by atomic mass is 19.1. The summed E-state index contributed by atoms with van der Waals surface area (Å²) in [5.41, 5.74) is 7.77. The number of halogens is 1. The number of ether oxygens (including phenoxy) is 1. The molecule has 0 bridgehead atoms. The molecule has 0 unspecified atom stereocenters. The molecule has 36 heavy (non-hydrogen) atoms. The van der Waals surface area contributed by atoms with Crippen LogP contribution in [0.4, 0.5) is 9.18 Å². The van der Waals surface area contributed by atoms with Crippen LogP contribution in [0, 0.1) is 12.7 Å². The molecule has 2 saturated heterocycles. The molecule has 8 nitrogen and oxygen atoms in total. The van der Waals surface area contributed by atoms with Crippen LogP contribution in [0.2, 0.25) is 0 Å². The van der Waals surface area contributed by atoms with Crippen molar-refractivity contribution in [3.05, 3.63) is 71.0 Å². The second kappa shape index (κ2) is 11.5. The van der Waals surface area contributed by atoms with E-state index in [1.165, 1.54) is 11.0 Å². The molecule has 0 spiro atoms. The summed E-state index contributed by atoms with van der Waals surface area (Å²) >= 11 is 0. The first-order valence-electron chi connectivity index (χ1n) is 12.4. The Morgan fingerprint density at radius 1 is 1.14 bits per heavy atom. The van der Waals surface area contributed by atoms with Gasteiger partial charge >= 0.3 is 6.09 Å². The molecule has 2 aliphatic rings. The van der Waals surface area contributed by atoms with Gasteiger partial charge in [-0.25, -0.2) is 9.18 Å². The van der Waals surface area contributed by atoms with Gasteiger partial charge in [-0.05, 0) is 50.4 Å². The molecule has 0 radical (unpaired) electrons. The Kier molecular flexibility index (Phi) is 8.20. The van der Waals surface area contributed by atoms with Crippen LogP contribution < -0.4 is 5.73 Å². The number of aryl methyl sites for hydroxylation is 1. The summed E-state index contributed by atoms with van der Waals surface area (Å²) < 4.78 is 19.7. The van der Waals surface area contributed by atoms with Gasteiger partial charge in [-0.1, -0.05) is 42.0 Å². The lowest BCUT2D eigenvalue weighted by atomic mass is 9.98. The number of rotatable bonds is 8. The van der Waals surface area contributed by atoms with Gasteiger partial charge in [0.25, 0.3) is 0 Å². The van der Waals surface area contributed by atoms with Gasteiger partial charge in [0.05, 0.1) is 6.54 Å². The molecule has 9 heteroatoms. The van der Waals surface area contributed by atoms with Crippen molar-refractivity contribution in [1.82, 2.24) is 14.7 Å². The minimum Gasteiger partial charge on any atom is -0.444 e. The Bertz CT molecular complexity index is 1100. The molecule has 2 aliphatic heterocycles. The molecule has 192 valence electrons. The number of hydrogen-bond acceptors (Lipinski definition) is 5. The number of nitrogens with zero attached hydrogens (tertiary/aromatic N) is 3. The number of amides is 3. The van der Waals surface area contributed by atoms with Crippen molar-refractivity contribution in [1.29, 1.82) is 0 Å². The minimum atomic E-state index is -0.670. The standard InChI is InChI=1S/C27H33FN4O4/c1-19-10-11-22(28)21(15-19)18-36-27(35)31-14-12-25(33)32-23(9-5-6-13-29)26(34)30(17-24(31)32)16-20-7-3-2-4-8-20/h2-4,7-8,10-11,15,23-24H,5-6,9,12-14,16-18,29H2,1H3/t23-,24+/m0/s1. The molecule has 4 rings (SSSR count). The van der Waals surface area contributed by atoms with Crippen LogP contribution >= 0.6 is 0 Å². The SMILES string of the molecule is Cc1ccc(F)c(COC(=O)N2CCC(=O)N3[C@@H]2CN(Cc2ccccc2)C(=O)[C@@H]3CCCCN)c1. The summed E-state index contributed by atoms with van der Waals surface area (Å²) in [7, 11) is 0. The van der Waals surface area contributed by atoms with E-state index >= 15 is 0 Å². The van der Waals surface area contributed by atoms with Gasteiger partial charge < -0.3 is 20.3 Å². The zero-order valence-corrected chi connectivity index (χ0v) is 20.6. The number of piperazine rings is 1. The normalized spacial score (nSPS) is 19.9. The van der Waals surface area contributed by atoms with Gasteiger partial charge in [0, 0.05) is 25.1 Å². The van der Waals surface area contributed by atoms with E-state index in [0.29, 0.717) is 25.9 Å². The lowest BCUT2D eigenvalue weighted by Crippen LogP contribution is -2.71. The van der Waals surface area contributed by atoms with Crippen LogP contribution in [-0.2, 0) is 27.5 Å². The van der Waals surface area contributed by atoms with E-state index in [-0.39, 0.29) is 43.5 Å². The number of carbonyl (C=O) groups is 3. The number of carbonyl (C=O) groups excluding carboxylic acids is 3. The Balaban J connectivity index is 1.55. The average Bonchev–Trinajstić information content (AvgIpc) is 2.87. The predicted molar refractivity (Wildman–Crippen MR) is 132 cm³/mol. The van der Waals surface area contributed by atoms with Crippen molar-refractivity contribution in [2.75, 3.05) is 19.6 Å². The molecule has 2 aromatic rings. The van der Waals surface area contributed by atoms with E-state index in [0.717, 1.165) is 17.5 Å². The van der Waals surface area contributed by atoms with Crippen LogP contribution in [-0.4, -0.2) is 64.4 Å². The third-order valence-corrected chi connectivity index (χ3v) is 6.79. The summed E-state index contributed by atoms with van der Waals surface area (Å²) in [5.74, 6) is -0.724. The highest BCUT2D eigenvalue weighted by molar-refractivity contribution is 5.90. The Hall–Kier alpha value is -3.46. The van der Waals surface area contributed by atoms with Crippen molar-refractivity contribution in [3.63, 3.8) is 0 Å². The van der Waals surface area contributed by atoms with Crippen LogP contribution in [0.1, 0.15) is 42.4 Å². The molecule has 2 heterocycles. The van der Waals surface area contributed by atoms with Gasteiger partial charge in [0.2, 0.25) is 11.8 Å². The maximum Gasteiger partial charge on any atom is 0.411 e. The van der Waals surface area contributed by atoms with Crippen molar-refractivity contribution in [3.8, 4) is 0 Å². The smallest absolute Gasteiger partial charge is 0.411 e. The molecular formula is C27H33FN4O4. The van der Waals surface area contributed by atoms with E-state index in [9.17, 15) is 18.8 Å². The number of unbranched alkanes of at least 4 members (excludes halogenated alkanes) is 1. The number of fused-ring (bicyclic) bond motifs is 1. The van der Waals surface area contributed by atoms with Crippen LogP contribution in [0.5, 0.6) is 0 Å². The maximum atomic E-state index is 14.2. The molecule has 2 atom stereocenters. The van der Waals surface area contributed by atoms with Crippen LogP contribution in [0.25, 0.3) is 0 Å². The van der Waals surface area contributed by atoms with Crippen molar-refractivity contribution in [2.24, 2.45) is 5.73 Å². The van der Waals surface area contributed by atoms with Crippen molar-refractivity contribution < 1.29 is 23.5 Å². The first-order valence-corrected chi connectivity index (χ1v) is 12.4. The third-order valence-electron chi connectivity index (χ3n) is 6.79. The summed E-state index contributed by atoms with van der Waals surface area (Å²) in [6.07, 6.45) is 0.728. The Labute approximate surface area is 210 Å². The van der Waals surface area contributed by atoms with E-state index < -0.39 is 24.1 Å². The predicted octanol–water partition coefficient (Wildman–Crippen LogP) is 3.17. The van der Waals surface area contributed by atoms with Gasteiger partial charge in [0.15, 0.2) is 0 Å². The lowest BCUT2D eigenvalue weighted by Gasteiger charge is -2.52. The lowest BCUT2D eigenvalue weighted by molar-refractivity contribution is -0.169. The second-order valence-electron chi connectivity index (χ2n) is 9.38. The fraction of sp³-hybridized carbons (Fsp3) is 0.444. The molecular weight excluding hydrogens is 463 g/mol. The molecule has 0 aliphatic carbocycles. The monoisotopic (exact) mass is 496 g/mol. The van der Waals surface area contributed by atoms with E-state index in [4.69, 9.17) is 10.5 Å². The molecule has 0 aromatic heterocycles. The Morgan fingerprint density at radius 2 is 1.92 bits per heavy atom. The molecule has 0 saturated carbocycles. The summed E-state index contributed by atoms with van der Waals surface area (Å²) in [6, 6.07) is 13.6. The largest absolute Gasteiger partial charge is 0.444 e. The number of benzene rings is 2. The van der Waals surface area contributed by atoms with Gasteiger partial charge in [-0.3, -0.25) is 14.5 Å². The van der Waals surface area contributed by atoms with E-state index in [1.807, 2.05) is 37.3 Å². The van der Waals surface area contributed by atoms with Gasteiger partial charge in [-0.15, -0.1) is 0 Å². The topological polar surface area (TPSA) is 96.2 Å². The van der Waals surface area contributed by atoms with Crippen LogP contribution in [0.15, 0.2) is 48.5 Å². The Morgan fingerprint density at radius 3 is 2.67 bits per heavy atom. The first kappa shape index (κ1) is 25.6. The van der Waals surface area contributed by atoms with Crippen LogP contribution in [0.3, 0.4) is 0 Å². The third kappa shape index (κ3) is 5.67. The second-order valence-corrected chi connectivity index (χ2v) is 9.38. The molecule has 2 aromatic carbocycles. The number of nitrogens with two attached hydrogens (primary N) is 1. The van der Waals surface area contributed by atoms with Gasteiger partial charge in [0.1, 0.15) is 24.6 Å². The minimum absolute atomic E-state index is 0.101. The zero-order valence-electron chi connectivity index (χ0n) is 20.6. The summed E-state index contributed by atoms with van der Waals surface area (Å²) in [5, 5.41) is 0. The highest BCUT2D eigenvalue weighted by Crippen LogP contribution is 2.29. The van der Waals surface area contributed by atoms with Crippen molar-refractivity contribution in [2.45, 2.75) is 58.0 Å². The van der Waals surface area contributed by atoms with E-state index in [1.54, 1.807) is 21.9 Å². The fourth-order valence-electron chi connectivity index (χ4n) is 4.94. The fourth-order valence-corrected chi connectivity index (χ4v) is 4.94. The number of hydrogen-bond donors (Lipinski definition) is 1. The highest BCUT2D eigenvalue weighted by Gasteiger charge is 2.48. The van der Waals surface area contributed by atoms with Crippen molar-refractivity contribution >= 4 is 17.9 Å². The van der Waals surface area contributed by atoms with Gasteiger partial charge in [-0.2, -0.15) is 0 Å². The zero-order chi connectivity index (χ0) is 25.7. The molecule has 2 N–H and O–H groups in total. The summed E-state index contributed by atoms with van der Waals surface area (Å²) in [6.45, 7) is 2.86. The van der Waals surface area contributed by atoms with E-state index in [2.05, 4.69) is 0 Å². The molecule has 3 amide bonds. The first-order chi connectivity index (χ1) is 17.4. The molecule has 2 fully saturated rings. The maximum absolute atomic E-state index is 14.2. The quantitative estimate of drug-likeness (QED) is 0.567.